The number of benzene rings is 1. The van der Waals surface area contributed by atoms with Crippen molar-refractivity contribution in [3.8, 4) is 5.75 Å². The predicted molar refractivity (Wildman–Crippen MR) is 86.6 cm³/mol. The van der Waals surface area contributed by atoms with Gasteiger partial charge in [-0.05, 0) is 37.9 Å². The highest BCUT2D eigenvalue weighted by Gasteiger charge is 2.16. The van der Waals surface area contributed by atoms with E-state index in [0.717, 1.165) is 11.3 Å². The topological polar surface area (TPSA) is 87.3 Å². The lowest BCUT2D eigenvalue weighted by Gasteiger charge is -2.25. The van der Waals surface area contributed by atoms with Gasteiger partial charge in [0.1, 0.15) is 11.4 Å². The largest absolute Gasteiger partial charge is 0.497 e. The highest BCUT2D eigenvalue weighted by atomic mass is 16.5. The van der Waals surface area contributed by atoms with Crippen LogP contribution in [0.2, 0.25) is 0 Å². The second kappa shape index (κ2) is 7.55. The van der Waals surface area contributed by atoms with E-state index in [1.165, 1.54) is 12.1 Å². The van der Waals surface area contributed by atoms with Crippen LogP contribution in [-0.2, 0) is 0 Å². The Bertz CT molecular complexity index is 690. The molecule has 0 saturated carbocycles. The molecule has 1 unspecified atom stereocenters. The van der Waals surface area contributed by atoms with Crippen LogP contribution in [0.4, 0.5) is 0 Å². The van der Waals surface area contributed by atoms with Gasteiger partial charge >= 0.3 is 0 Å². The summed E-state index contributed by atoms with van der Waals surface area (Å²) in [6.07, 6.45) is 0. The number of amides is 1. The van der Waals surface area contributed by atoms with Gasteiger partial charge in [-0.25, -0.2) is 5.10 Å². The van der Waals surface area contributed by atoms with Gasteiger partial charge in [-0.2, -0.15) is 5.10 Å². The Balaban J connectivity index is 2.05. The van der Waals surface area contributed by atoms with Gasteiger partial charge < -0.3 is 15.0 Å². The molecule has 2 aromatic rings. The lowest BCUT2D eigenvalue weighted by Crippen LogP contribution is -2.35. The third kappa shape index (κ3) is 4.40. The first-order valence-corrected chi connectivity index (χ1v) is 7.15. The molecule has 1 aromatic heterocycles. The summed E-state index contributed by atoms with van der Waals surface area (Å²) in [4.78, 5) is 25.1. The van der Waals surface area contributed by atoms with Crippen molar-refractivity contribution in [3.05, 3.63) is 58.0 Å². The molecule has 1 aromatic carbocycles. The van der Waals surface area contributed by atoms with Crippen LogP contribution < -0.4 is 15.6 Å². The molecular formula is C16H20N4O3. The molecule has 0 aliphatic carbocycles. The Kier molecular flexibility index (Phi) is 5.48. The zero-order valence-corrected chi connectivity index (χ0v) is 13.4. The number of hydrogen-bond acceptors (Lipinski definition) is 5. The van der Waals surface area contributed by atoms with Crippen LogP contribution in [0.15, 0.2) is 41.2 Å². The number of carbonyl (C=O) groups is 1. The van der Waals surface area contributed by atoms with E-state index in [4.69, 9.17) is 4.74 Å². The third-order valence-electron chi connectivity index (χ3n) is 3.49. The molecule has 7 heteroatoms. The maximum absolute atomic E-state index is 12.1. The highest BCUT2D eigenvalue weighted by molar-refractivity contribution is 5.91. The van der Waals surface area contributed by atoms with Gasteiger partial charge in [0, 0.05) is 12.6 Å². The first-order chi connectivity index (χ1) is 11.0. The Hall–Kier alpha value is -2.67. The number of methoxy groups -OCH3 is 1. The van der Waals surface area contributed by atoms with Crippen LogP contribution in [0.1, 0.15) is 22.1 Å². The van der Waals surface area contributed by atoms with Crippen LogP contribution in [0, 0.1) is 0 Å². The van der Waals surface area contributed by atoms with E-state index in [1.807, 2.05) is 43.3 Å². The number of hydrogen-bond donors (Lipinski definition) is 2. The number of H-pyrrole nitrogens is 1. The first-order valence-electron chi connectivity index (χ1n) is 7.15. The van der Waals surface area contributed by atoms with E-state index in [1.54, 1.807) is 7.11 Å². The smallest absolute Gasteiger partial charge is 0.271 e. The van der Waals surface area contributed by atoms with Gasteiger partial charge in [-0.15, -0.1) is 0 Å². The highest BCUT2D eigenvalue weighted by Crippen LogP contribution is 2.20. The molecule has 2 N–H and O–H groups in total. The number of aromatic amines is 1. The van der Waals surface area contributed by atoms with Crippen molar-refractivity contribution in [2.75, 3.05) is 27.7 Å². The minimum atomic E-state index is -0.342. The van der Waals surface area contributed by atoms with Crippen LogP contribution in [-0.4, -0.2) is 48.8 Å². The summed E-state index contributed by atoms with van der Waals surface area (Å²) in [7, 11) is 5.51. The molecule has 1 atom stereocenters. The van der Waals surface area contributed by atoms with Crippen molar-refractivity contribution in [3.63, 3.8) is 0 Å². The fourth-order valence-electron chi connectivity index (χ4n) is 2.18. The predicted octanol–water partition coefficient (Wildman–Crippen LogP) is 0.811. The van der Waals surface area contributed by atoms with Gasteiger partial charge in [-0.3, -0.25) is 9.59 Å². The van der Waals surface area contributed by atoms with E-state index in [2.05, 4.69) is 15.5 Å². The Morgan fingerprint density at radius 3 is 2.48 bits per heavy atom. The second-order valence-corrected chi connectivity index (χ2v) is 5.27. The summed E-state index contributed by atoms with van der Waals surface area (Å²) in [5.41, 5.74) is 0.897. The molecule has 122 valence electrons. The Labute approximate surface area is 134 Å². The minimum Gasteiger partial charge on any atom is -0.497 e. The number of nitrogens with zero attached hydrogens (tertiary/aromatic N) is 2. The number of aromatic nitrogens is 2. The maximum Gasteiger partial charge on any atom is 0.271 e. The lowest BCUT2D eigenvalue weighted by atomic mass is 10.1. The van der Waals surface area contributed by atoms with Gasteiger partial charge in [0.15, 0.2) is 0 Å². The second-order valence-electron chi connectivity index (χ2n) is 5.27. The quantitative estimate of drug-likeness (QED) is 0.823. The normalized spacial score (nSPS) is 12.0. The molecule has 0 aliphatic rings. The minimum absolute atomic E-state index is 0.00705. The molecule has 1 amide bonds. The Morgan fingerprint density at radius 2 is 1.96 bits per heavy atom. The van der Waals surface area contributed by atoms with Crippen molar-refractivity contribution in [1.29, 1.82) is 0 Å². The molecule has 0 spiro atoms. The number of likely N-dealkylation sites (N-methyl/N-ethyl adjacent to an activating group) is 1. The number of ether oxygens (including phenoxy) is 1. The molecule has 23 heavy (non-hydrogen) atoms. The summed E-state index contributed by atoms with van der Waals surface area (Å²) in [5.74, 6) is 0.453. The monoisotopic (exact) mass is 316 g/mol. The molecule has 0 fully saturated rings. The molecular weight excluding hydrogens is 296 g/mol. The van der Waals surface area contributed by atoms with Crippen molar-refractivity contribution < 1.29 is 9.53 Å². The van der Waals surface area contributed by atoms with Crippen molar-refractivity contribution in [2.24, 2.45) is 0 Å². The van der Waals surface area contributed by atoms with Gasteiger partial charge in [0.05, 0.1) is 13.2 Å². The molecule has 1 heterocycles. The molecule has 0 radical (unpaired) electrons. The molecule has 0 aliphatic heterocycles. The van der Waals surface area contributed by atoms with E-state index in [9.17, 15) is 9.59 Å². The van der Waals surface area contributed by atoms with E-state index < -0.39 is 0 Å². The SMILES string of the molecule is COc1ccc(C(CNC(=O)c2ccc(=O)[nH]n2)N(C)C)cc1. The number of nitrogens with one attached hydrogen (secondary N) is 2. The standard InChI is InChI=1S/C16H20N4O3/c1-20(2)14(11-4-6-12(23-3)7-5-11)10-17-16(22)13-8-9-15(21)19-18-13/h4-9,14H,10H2,1-3H3,(H,17,22)(H,19,21). The average Bonchev–Trinajstić information content (AvgIpc) is 2.55. The Morgan fingerprint density at radius 1 is 1.26 bits per heavy atom. The van der Waals surface area contributed by atoms with E-state index in [0.29, 0.717) is 6.54 Å². The zero-order valence-electron chi connectivity index (χ0n) is 13.4. The first kappa shape index (κ1) is 16.7. The van der Waals surface area contributed by atoms with Crippen molar-refractivity contribution in [2.45, 2.75) is 6.04 Å². The summed E-state index contributed by atoms with van der Waals surface area (Å²) < 4.78 is 5.15. The summed E-state index contributed by atoms with van der Waals surface area (Å²) >= 11 is 0. The van der Waals surface area contributed by atoms with Crippen LogP contribution in [0.3, 0.4) is 0 Å². The number of carbonyl (C=O) groups excluding carboxylic acids is 1. The van der Waals surface area contributed by atoms with Crippen LogP contribution in [0.5, 0.6) is 5.75 Å². The molecule has 7 nitrogen and oxygen atoms in total. The van der Waals surface area contributed by atoms with Crippen LogP contribution >= 0.6 is 0 Å². The van der Waals surface area contributed by atoms with Gasteiger partial charge in [0.2, 0.25) is 0 Å². The average molecular weight is 316 g/mol. The molecule has 0 saturated heterocycles. The van der Waals surface area contributed by atoms with Gasteiger partial charge in [-0.1, -0.05) is 12.1 Å². The van der Waals surface area contributed by atoms with Crippen molar-refractivity contribution >= 4 is 5.91 Å². The van der Waals surface area contributed by atoms with Crippen molar-refractivity contribution in [1.82, 2.24) is 20.4 Å². The summed E-state index contributed by atoms with van der Waals surface area (Å²) in [6, 6.07) is 10.4. The number of rotatable bonds is 6. The van der Waals surface area contributed by atoms with E-state index >= 15 is 0 Å². The summed E-state index contributed by atoms with van der Waals surface area (Å²) in [6.45, 7) is 0.416. The summed E-state index contributed by atoms with van der Waals surface area (Å²) in [5, 5.41) is 8.79. The van der Waals surface area contributed by atoms with Gasteiger partial charge in [0.25, 0.3) is 11.5 Å². The zero-order chi connectivity index (χ0) is 16.8. The third-order valence-corrected chi connectivity index (χ3v) is 3.49. The fourth-order valence-corrected chi connectivity index (χ4v) is 2.18. The van der Waals surface area contributed by atoms with Crippen LogP contribution in [0.25, 0.3) is 0 Å². The van der Waals surface area contributed by atoms with E-state index in [-0.39, 0.29) is 23.2 Å². The molecule has 2 rings (SSSR count). The lowest BCUT2D eigenvalue weighted by molar-refractivity contribution is 0.0935. The maximum atomic E-state index is 12.1. The fraction of sp³-hybridized carbons (Fsp3) is 0.312. The molecule has 0 bridgehead atoms.